The molecule has 3 aromatic heterocycles. The molecule has 0 amide bonds. The molecule has 2 nitrogen and oxygen atoms in total. The molecule has 0 radical (unpaired) electrons. The molecule has 1 aliphatic rings. The third kappa shape index (κ3) is 3.13. The standard InChI is InChI=1S/C30H30N2S/c1-29(2,3)18-12-17-13-19(30(4,5)6)15-21-26(17)20(14-18)22-16-31-28(27(21)22)24-10-9-23(32-24)25-8-7-11-33-25/h7-16,31-32H,1-6H3. The van der Waals surface area contributed by atoms with Gasteiger partial charge in [0.15, 0.2) is 0 Å². The minimum Gasteiger partial charge on any atom is -0.359 e. The summed E-state index contributed by atoms with van der Waals surface area (Å²) in [4.78, 5) is 8.55. The Hall–Kier alpha value is -3.04. The molecule has 2 aromatic carbocycles. The fourth-order valence-corrected chi connectivity index (χ4v) is 5.74. The third-order valence-corrected chi connectivity index (χ3v) is 7.87. The number of benzene rings is 2. The van der Waals surface area contributed by atoms with Crippen LogP contribution in [0.3, 0.4) is 0 Å². The monoisotopic (exact) mass is 450 g/mol. The van der Waals surface area contributed by atoms with E-state index in [1.54, 1.807) is 11.3 Å². The Morgan fingerprint density at radius 1 is 0.727 bits per heavy atom. The molecule has 0 saturated heterocycles. The van der Waals surface area contributed by atoms with E-state index in [1.807, 2.05) is 0 Å². The van der Waals surface area contributed by atoms with Crippen molar-refractivity contribution in [2.75, 3.05) is 0 Å². The Kier molecular flexibility index (Phi) is 4.20. The van der Waals surface area contributed by atoms with Crippen LogP contribution in [0.15, 0.2) is 60.1 Å². The predicted octanol–water partition coefficient (Wildman–Crippen LogP) is 9.13. The molecule has 0 aliphatic heterocycles. The molecule has 3 heteroatoms. The second-order valence-corrected chi connectivity index (χ2v) is 12.3. The molecule has 2 N–H and O–H groups in total. The molecule has 0 spiro atoms. The van der Waals surface area contributed by atoms with Crippen LogP contribution in [0.2, 0.25) is 0 Å². The first-order chi connectivity index (χ1) is 15.6. The minimum absolute atomic E-state index is 0.0839. The average molecular weight is 451 g/mol. The summed E-state index contributed by atoms with van der Waals surface area (Å²) in [6.07, 6.45) is 2.20. The van der Waals surface area contributed by atoms with E-state index in [1.165, 1.54) is 60.4 Å². The molecule has 33 heavy (non-hydrogen) atoms. The molecular weight excluding hydrogens is 420 g/mol. The number of aromatic nitrogens is 2. The van der Waals surface area contributed by atoms with E-state index in [4.69, 9.17) is 0 Å². The van der Waals surface area contributed by atoms with Gasteiger partial charge in [-0.05, 0) is 79.6 Å². The summed E-state index contributed by atoms with van der Waals surface area (Å²) in [5.41, 5.74) is 11.8. The van der Waals surface area contributed by atoms with Gasteiger partial charge in [0.25, 0.3) is 0 Å². The van der Waals surface area contributed by atoms with Gasteiger partial charge in [0.1, 0.15) is 0 Å². The maximum Gasteiger partial charge on any atom is 0.0705 e. The number of fused-ring (bicyclic) bond motifs is 3. The molecule has 5 aromatic rings. The number of thiophene rings is 1. The Balaban J connectivity index is 1.62. The van der Waals surface area contributed by atoms with Crippen LogP contribution >= 0.6 is 11.3 Å². The fourth-order valence-electron chi connectivity index (χ4n) is 5.04. The Morgan fingerprint density at radius 3 is 2.03 bits per heavy atom. The van der Waals surface area contributed by atoms with E-state index in [2.05, 4.69) is 112 Å². The molecule has 3 heterocycles. The van der Waals surface area contributed by atoms with Gasteiger partial charge in [0, 0.05) is 17.3 Å². The first-order valence-corrected chi connectivity index (χ1v) is 12.6. The first-order valence-electron chi connectivity index (χ1n) is 11.7. The molecule has 0 bridgehead atoms. The molecule has 0 atom stereocenters. The number of rotatable bonds is 2. The van der Waals surface area contributed by atoms with E-state index >= 15 is 0 Å². The van der Waals surface area contributed by atoms with Crippen LogP contribution in [-0.4, -0.2) is 9.97 Å². The van der Waals surface area contributed by atoms with Crippen LogP contribution < -0.4 is 0 Å². The zero-order valence-corrected chi connectivity index (χ0v) is 21.0. The summed E-state index contributed by atoms with van der Waals surface area (Å²) in [5.74, 6) is 0. The van der Waals surface area contributed by atoms with Crippen LogP contribution in [0.4, 0.5) is 0 Å². The summed E-state index contributed by atoms with van der Waals surface area (Å²) in [7, 11) is 0. The van der Waals surface area contributed by atoms with Crippen LogP contribution in [0.25, 0.3) is 55.0 Å². The van der Waals surface area contributed by atoms with Crippen LogP contribution in [0.5, 0.6) is 0 Å². The number of H-pyrrole nitrogens is 2. The maximum absolute atomic E-state index is 3.67. The highest BCUT2D eigenvalue weighted by Crippen LogP contribution is 2.53. The summed E-state index contributed by atoms with van der Waals surface area (Å²) in [5, 5.41) is 4.87. The van der Waals surface area contributed by atoms with Gasteiger partial charge in [-0.2, -0.15) is 0 Å². The van der Waals surface area contributed by atoms with Gasteiger partial charge in [0.05, 0.1) is 22.0 Å². The number of nitrogens with one attached hydrogen (secondary N) is 2. The fraction of sp³-hybridized carbons (Fsp3) is 0.267. The lowest BCUT2D eigenvalue weighted by molar-refractivity contribution is 0.589. The zero-order valence-electron chi connectivity index (χ0n) is 20.2. The second-order valence-electron chi connectivity index (χ2n) is 11.4. The largest absolute Gasteiger partial charge is 0.359 e. The average Bonchev–Trinajstić information content (AvgIpc) is 3.52. The van der Waals surface area contributed by atoms with E-state index < -0.39 is 0 Å². The zero-order chi connectivity index (χ0) is 23.1. The van der Waals surface area contributed by atoms with E-state index in [0.717, 1.165) is 5.69 Å². The Morgan fingerprint density at radius 2 is 1.39 bits per heavy atom. The Bertz CT molecular complexity index is 1510. The minimum atomic E-state index is 0.0839. The van der Waals surface area contributed by atoms with Gasteiger partial charge < -0.3 is 9.97 Å². The lowest BCUT2D eigenvalue weighted by atomic mass is 9.81. The van der Waals surface area contributed by atoms with Crippen molar-refractivity contribution >= 4 is 22.1 Å². The molecular formula is C30H30N2S. The molecule has 166 valence electrons. The van der Waals surface area contributed by atoms with Gasteiger partial charge in [0.2, 0.25) is 0 Å². The first kappa shape index (κ1) is 20.6. The molecule has 6 rings (SSSR count). The van der Waals surface area contributed by atoms with Gasteiger partial charge in [-0.25, -0.2) is 0 Å². The quantitative estimate of drug-likeness (QED) is 0.263. The van der Waals surface area contributed by atoms with Crippen LogP contribution in [-0.2, 0) is 10.8 Å². The molecule has 1 aliphatic carbocycles. The highest BCUT2D eigenvalue weighted by molar-refractivity contribution is 7.13. The smallest absolute Gasteiger partial charge is 0.0705 e. The van der Waals surface area contributed by atoms with Crippen molar-refractivity contribution in [3.8, 4) is 44.2 Å². The van der Waals surface area contributed by atoms with Crippen molar-refractivity contribution in [2.24, 2.45) is 0 Å². The van der Waals surface area contributed by atoms with E-state index in [9.17, 15) is 0 Å². The second kappa shape index (κ2) is 6.74. The van der Waals surface area contributed by atoms with Gasteiger partial charge >= 0.3 is 0 Å². The van der Waals surface area contributed by atoms with Gasteiger partial charge in [-0.15, -0.1) is 11.3 Å². The maximum atomic E-state index is 3.67. The van der Waals surface area contributed by atoms with E-state index in [0.29, 0.717) is 0 Å². The summed E-state index contributed by atoms with van der Waals surface area (Å²) < 4.78 is 0. The van der Waals surface area contributed by atoms with Gasteiger partial charge in [-0.1, -0.05) is 59.7 Å². The van der Waals surface area contributed by atoms with Crippen molar-refractivity contribution in [1.82, 2.24) is 9.97 Å². The van der Waals surface area contributed by atoms with Crippen LogP contribution in [0.1, 0.15) is 52.7 Å². The SMILES string of the molecule is CC(C)(C)c1cc2c3c(cc(C(C)(C)C)cc3c1)-c1c-2c[nH]c1-c1ccc(-c2cccs2)[nH]1. The number of aromatic amines is 2. The lowest BCUT2D eigenvalue weighted by Crippen LogP contribution is -2.12. The summed E-state index contributed by atoms with van der Waals surface area (Å²) in [6.45, 7) is 13.8. The topological polar surface area (TPSA) is 31.6 Å². The van der Waals surface area contributed by atoms with Crippen molar-refractivity contribution in [2.45, 2.75) is 52.4 Å². The molecule has 0 saturated carbocycles. The molecule has 0 unspecified atom stereocenters. The number of hydrogen-bond acceptors (Lipinski definition) is 1. The third-order valence-electron chi connectivity index (χ3n) is 6.96. The summed E-state index contributed by atoms with van der Waals surface area (Å²) in [6, 6.07) is 18.3. The van der Waals surface area contributed by atoms with Crippen molar-refractivity contribution < 1.29 is 0 Å². The Labute approximate surface area is 199 Å². The summed E-state index contributed by atoms with van der Waals surface area (Å²) >= 11 is 1.76. The van der Waals surface area contributed by atoms with Gasteiger partial charge in [-0.3, -0.25) is 0 Å². The highest BCUT2D eigenvalue weighted by atomic mass is 32.1. The van der Waals surface area contributed by atoms with Crippen LogP contribution in [0, 0.1) is 0 Å². The predicted molar refractivity (Wildman–Crippen MR) is 143 cm³/mol. The highest BCUT2D eigenvalue weighted by Gasteiger charge is 2.30. The van der Waals surface area contributed by atoms with Crippen molar-refractivity contribution in [3.63, 3.8) is 0 Å². The lowest BCUT2D eigenvalue weighted by Gasteiger charge is -2.23. The van der Waals surface area contributed by atoms with E-state index in [-0.39, 0.29) is 10.8 Å². The number of hydrogen-bond donors (Lipinski definition) is 2. The molecule has 0 fully saturated rings. The van der Waals surface area contributed by atoms with Crippen molar-refractivity contribution in [3.05, 3.63) is 71.2 Å². The normalized spacial score (nSPS) is 13.2. The van der Waals surface area contributed by atoms with Crippen molar-refractivity contribution in [1.29, 1.82) is 0 Å².